The van der Waals surface area contributed by atoms with Crippen LogP contribution in [-0.2, 0) is 0 Å². The van der Waals surface area contributed by atoms with Gasteiger partial charge in [0.05, 0.1) is 16.4 Å². The highest BCUT2D eigenvalue weighted by Gasteiger charge is 2.31. The van der Waals surface area contributed by atoms with Crippen molar-refractivity contribution in [3.8, 4) is 0 Å². The normalized spacial score (nSPS) is 24.4. The monoisotopic (exact) mass is 372 g/mol. The van der Waals surface area contributed by atoms with Crippen LogP contribution in [0.4, 0.5) is 0 Å². The summed E-state index contributed by atoms with van der Waals surface area (Å²) < 4.78 is 3.46. The number of hydrogen-bond acceptors (Lipinski definition) is 2. The Labute approximate surface area is 137 Å². The molecule has 1 aliphatic carbocycles. The highest BCUT2D eigenvalue weighted by Crippen LogP contribution is 2.41. The standard InChI is InChI=1S/C15H18BrClN2S/c1-9(17)15-18-11-8-10(16)6-7-12(11)19(15)13-4-3-5-14(13)20-2/h6-9,13-14H,3-5H2,1-2H3. The van der Waals surface area contributed by atoms with Gasteiger partial charge in [0.1, 0.15) is 5.82 Å². The summed E-state index contributed by atoms with van der Waals surface area (Å²) in [6, 6.07) is 6.85. The quantitative estimate of drug-likeness (QED) is 0.656. The number of halogens is 2. The summed E-state index contributed by atoms with van der Waals surface area (Å²) in [4.78, 5) is 4.78. The van der Waals surface area contributed by atoms with Crippen molar-refractivity contribution in [2.75, 3.05) is 6.26 Å². The van der Waals surface area contributed by atoms with E-state index in [4.69, 9.17) is 16.6 Å². The second-order valence-electron chi connectivity index (χ2n) is 5.36. The van der Waals surface area contributed by atoms with E-state index in [2.05, 4.69) is 45.0 Å². The molecule has 20 heavy (non-hydrogen) atoms. The van der Waals surface area contributed by atoms with Crippen LogP contribution >= 0.6 is 39.3 Å². The molecule has 1 heterocycles. The average molecular weight is 374 g/mol. The van der Waals surface area contributed by atoms with E-state index in [1.54, 1.807) is 0 Å². The number of fused-ring (bicyclic) bond motifs is 1. The molecule has 0 aliphatic heterocycles. The number of benzene rings is 1. The molecule has 1 aliphatic rings. The molecular weight excluding hydrogens is 356 g/mol. The lowest BCUT2D eigenvalue weighted by atomic mass is 10.2. The number of hydrogen-bond donors (Lipinski definition) is 0. The maximum atomic E-state index is 6.39. The van der Waals surface area contributed by atoms with Crippen molar-refractivity contribution < 1.29 is 0 Å². The third-order valence-corrected chi connectivity index (χ3v) is 5.93. The molecule has 2 nitrogen and oxygen atoms in total. The van der Waals surface area contributed by atoms with Crippen molar-refractivity contribution >= 4 is 50.3 Å². The van der Waals surface area contributed by atoms with Gasteiger partial charge in [0.2, 0.25) is 0 Å². The van der Waals surface area contributed by atoms with E-state index in [0.29, 0.717) is 11.3 Å². The van der Waals surface area contributed by atoms with Crippen LogP contribution in [0.25, 0.3) is 11.0 Å². The summed E-state index contributed by atoms with van der Waals surface area (Å²) in [6.45, 7) is 2.01. The lowest BCUT2D eigenvalue weighted by Gasteiger charge is -2.23. The fourth-order valence-corrected chi connectivity index (χ4v) is 4.67. The molecule has 3 atom stereocenters. The molecule has 0 saturated heterocycles. The van der Waals surface area contributed by atoms with Gasteiger partial charge in [-0.3, -0.25) is 0 Å². The summed E-state index contributed by atoms with van der Waals surface area (Å²) in [5.74, 6) is 1.01. The number of aromatic nitrogens is 2. The highest BCUT2D eigenvalue weighted by molar-refractivity contribution is 9.10. The maximum Gasteiger partial charge on any atom is 0.128 e. The first-order valence-electron chi connectivity index (χ1n) is 6.96. The van der Waals surface area contributed by atoms with Gasteiger partial charge in [-0.1, -0.05) is 22.4 Å². The molecular formula is C15H18BrClN2S. The van der Waals surface area contributed by atoms with Gasteiger partial charge in [0.15, 0.2) is 0 Å². The molecule has 0 radical (unpaired) electrons. The first kappa shape index (κ1) is 14.7. The molecule has 0 amide bonds. The molecule has 1 saturated carbocycles. The van der Waals surface area contributed by atoms with Crippen LogP contribution in [0.3, 0.4) is 0 Å². The van der Waals surface area contributed by atoms with E-state index in [9.17, 15) is 0 Å². The number of thioether (sulfide) groups is 1. The lowest BCUT2D eigenvalue weighted by molar-refractivity contribution is 0.520. The van der Waals surface area contributed by atoms with Crippen LogP contribution in [0.5, 0.6) is 0 Å². The largest absolute Gasteiger partial charge is 0.322 e. The Morgan fingerprint density at radius 2 is 2.25 bits per heavy atom. The van der Waals surface area contributed by atoms with Gasteiger partial charge in [-0.25, -0.2) is 4.98 Å². The van der Waals surface area contributed by atoms with E-state index < -0.39 is 0 Å². The van der Waals surface area contributed by atoms with Crippen molar-refractivity contribution in [2.45, 2.75) is 42.9 Å². The average Bonchev–Trinajstić information content (AvgIpc) is 3.00. The highest BCUT2D eigenvalue weighted by atomic mass is 79.9. The Hall–Kier alpha value is -0.190. The number of nitrogens with zero attached hydrogens (tertiary/aromatic N) is 2. The summed E-state index contributed by atoms with van der Waals surface area (Å²) in [7, 11) is 0. The van der Waals surface area contributed by atoms with Gasteiger partial charge < -0.3 is 4.57 Å². The summed E-state index contributed by atoms with van der Waals surface area (Å²) in [6.07, 6.45) is 6.02. The zero-order valence-electron chi connectivity index (χ0n) is 11.6. The van der Waals surface area contributed by atoms with Crippen molar-refractivity contribution in [1.29, 1.82) is 0 Å². The fraction of sp³-hybridized carbons (Fsp3) is 0.533. The van der Waals surface area contributed by atoms with Crippen molar-refractivity contribution in [1.82, 2.24) is 9.55 Å². The molecule has 108 valence electrons. The second kappa shape index (κ2) is 5.90. The Morgan fingerprint density at radius 1 is 1.45 bits per heavy atom. The van der Waals surface area contributed by atoms with E-state index >= 15 is 0 Å². The minimum Gasteiger partial charge on any atom is -0.322 e. The molecule has 1 fully saturated rings. The zero-order chi connectivity index (χ0) is 14.3. The predicted octanol–water partition coefficient (Wildman–Crippen LogP) is 5.56. The Balaban J connectivity index is 2.18. The van der Waals surface area contributed by atoms with Crippen molar-refractivity contribution in [3.63, 3.8) is 0 Å². The summed E-state index contributed by atoms with van der Waals surface area (Å²) >= 11 is 11.9. The SMILES string of the molecule is CSC1CCCC1n1c(C(C)Cl)nc2cc(Br)ccc21. The molecule has 1 aromatic heterocycles. The van der Waals surface area contributed by atoms with E-state index in [0.717, 1.165) is 15.8 Å². The molecule has 3 rings (SSSR count). The first-order valence-corrected chi connectivity index (χ1v) is 9.48. The minimum absolute atomic E-state index is 0.0655. The zero-order valence-corrected chi connectivity index (χ0v) is 14.8. The van der Waals surface area contributed by atoms with Gasteiger partial charge in [-0.2, -0.15) is 11.8 Å². The van der Waals surface area contributed by atoms with Gasteiger partial charge in [-0.05, 0) is 44.2 Å². The van der Waals surface area contributed by atoms with Gasteiger partial charge in [-0.15, -0.1) is 11.6 Å². The van der Waals surface area contributed by atoms with E-state index in [1.807, 2.05) is 18.7 Å². The molecule has 0 N–H and O–H groups in total. The lowest BCUT2D eigenvalue weighted by Crippen LogP contribution is -2.18. The first-order chi connectivity index (χ1) is 9.61. The Bertz CT molecular complexity index is 626. The van der Waals surface area contributed by atoms with E-state index in [-0.39, 0.29) is 5.38 Å². The van der Waals surface area contributed by atoms with Crippen LogP contribution in [0.1, 0.15) is 43.4 Å². The molecule has 5 heteroatoms. The number of imidazole rings is 1. The van der Waals surface area contributed by atoms with Gasteiger partial charge in [0, 0.05) is 15.8 Å². The second-order valence-corrected chi connectivity index (χ2v) is 8.01. The minimum atomic E-state index is -0.0655. The van der Waals surface area contributed by atoms with Crippen LogP contribution in [0.15, 0.2) is 22.7 Å². The van der Waals surface area contributed by atoms with Crippen molar-refractivity contribution in [3.05, 3.63) is 28.5 Å². The fourth-order valence-electron chi connectivity index (χ4n) is 3.20. The Morgan fingerprint density at radius 3 is 2.95 bits per heavy atom. The number of rotatable bonds is 3. The van der Waals surface area contributed by atoms with Gasteiger partial charge >= 0.3 is 0 Å². The molecule has 1 aromatic carbocycles. The van der Waals surface area contributed by atoms with Crippen molar-refractivity contribution in [2.24, 2.45) is 0 Å². The molecule has 2 aromatic rings. The van der Waals surface area contributed by atoms with Gasteiger partial charge in [0.25, 0.3) is 0 Å². The Kier molecular flexibility index (Phi) is 4.34. The maximum absolute atomic E-state index is 6.39. The third-order valence-electron chi connectivity index (χ3n) is 4.09. The molecule has 3 unspecified atom stereocenters. The topological polar surface area (TPSA) is 17.8 Å². The van der Waals surface area contributed by atoms with Crippen LogP contribution < -0.4 is 0 Å². The van der Waals surface area contributed by atoms with E-state index in [1.165, 1.54) is 24.8 Å². The smallest absolute Gasteiger partial charge is 0.128 e. The molecule has 0 spiro atoms. The number of alkyl halides is 1. The summed E-state index contributed by atoms with van der Waals surface area (Å²) in [5.41, 5.74) is 2.25. The van der Waals surface area contributed by atoms with Crippen LogP contribution in [0.2, 0.25) is 0 Å². The third kappa shape index (κ3) is 2.51. The van der Waals surface area contributed by atoms with Crippen LogP contribution in [0, 0.1) is 0 Å². The predicted molar refractivity (Wildman–Crippen MR) is 91.9 cm³/mol. The van der Waals surface area contributed by atoms with Crippen LogP contribution in [-0.4, -0.2) is 21.1 Å². The molecule has 0 bridgehead atoms. The summed E-state index contributed by atoms with van der Waals surface area (Å²) in [5, 5.41) is 0.606.